The van der Waals surface area contributed by atoms with Crippen LogP contribution >= 0.6 is 0 Å². The number of carbonyl (C=O) groups is 1. The van der Waals surface area contributed by atoms with Gasteiger partial charge in [-0.25, -0.2) is 5.10 Å². The number of carbonyl (C=O) groups excluding carboxylic acids is 1. The Labute approximate surface area is 92.5 Å². The first-order chi connectivity index (χ1) is 7.74. The van der Waals surface area contributed by atoms with Crippen LogP contribution in [-0.2, 0) is 17.8 Å². The van der Waals surface area contributed by atoms with Crippen molar-refractivity contribution in [3.05, 3.63) is 27.7 Å². The van der Waals surface area contributed by atoms with Crippen LogP contribution in [0.25, 0.3) is 0 Å². The molecule has 2 heterocycles. The van der Waals surface area contributed by atoms with Crippen molar-refractivity contribution < 1.29 is 4.79 Å². The van der Waals surface area contributed by atoms with Crippen molar-refractivity contribution in [3.8, 4) is 0 Å². The third kappa shape index (κ3) is 1.62. The maximum Gasteiger partial charge on any atom is 0.264 e. The third-order valence-corrected chi connectivity index (χ3v) is 3.20. The summed E-state index contributed by atoms with van der Waals surface area (Å²) in [7, 11) is 0. The van der Waals surface area contributed by atoms with Crippen molar-refractivity contribution in [1.82, 2.24) is 15.1 Å². The molecule has 5 nitrogen and oxygen atoms in total. The zero-order valence-corrected chi connectivity index (χ0v) is 8.90. The molecule has 0 unspecified atom stereocenters. The zero-order chi connectivity index (χ0) is 11.1. The van der Waals surface area contributed by atoms with Crippen LogP contribution in [0.2, 0.25) is 0 Å². The number of rotatable bonds is 1. The van der Waals surface area contributed by atoms with Gasteiger partial charge in [-0.1, -0.05) is 0 Å². The summed E-state index contributed by atoms with van der Waals surface area (Å²) in [6, 6.07) is 1.55. The maximum absolute atomic E-state index is 11.9. The predicted octanol–water partition coefficient (Wildman–Crippen LogP) is 0.0646. The molecule has 84 valence electrons. The van der Waals surface area contributed by atoms with Crippen molar-refractivity contribution in [3.63, 3.8) is 0 Å². The number of fused-ring (bicyclic) bond motifs is 1. The molecular weight excluding hydrogens is 206 g/mol. The number of aromatic nitrogens is 2. The van der Waals surface area contributed by atoms with Crippen LogP contribution in [0.15, 0.2) is 10.9 Å². The van der Waals surface area contributed by atoms with Crippen molar-refractivity contribution in [2.45, 2.75) is 25.8 Å². The zero-order valence-electron chi connectivity index (χ0n) is 8.90. The summed E-state index contributed by atoms with van der Waals surface area (Å²) in [6.07, 6.45) is 2.79. The number of amides is 1. The molecule has 1 aromatic heterocycles. The fraction of sp³-hybridized carbons (Fsp3) is 0.545. The Morgan fingerprint density at radius 3 is 3.06 bits per heavy atom. The van der Waals surface area contributed by atoms with Crippen molar-refractivity contribution >= 4 is 5.91 Å². The van der Waals surface area contributed by atoms with Gasteiger partial charge >= 0.3 is 0 Å². The van der Waals surface area contributed by atoms with E-state index in [4.69, 9.17) is 0 Å². The number of H-pyrrole nitrogens is 1. The van der Waals surface area contributed by atoms with E-state index in [0.717, 1.165) is 37.1 Å². The van der Waals surface area contributed by atoms with Crippen LogP contribution in [0.5, 0.6) is 0 Å². The average Bonchev–Trinajstić information content (AvgIpc) is 3.11. The number of aromatic amines is 1. The van der Waals surface area contributed by atoms with Gasteiger partial charge in [-0.15, -0.1) is 0 Å². The second-order valence-corrected chi connectivity index (χ2v) is 4.49. The lowest BCUT2D eigenvalue weighted by atomic mass is 10.1. The van der Waals surface area contributed by atoms with Crippen molar-refractivity contribution in [2.75, 3.05) is 6.54 Å². The van der Waals surface area contributed by atoms with E-state index in [1.54, 1.807) is 6.07 Å². The smallest absolute Gasteiger partial charge is 0.264 e. The molecule has 0 atom stereocenters. The standard InChI is InChI=1S/C11H13N3O2/c15-10-5-8-6-14(11(16)7-1-2-7)4-3-9(8)12-13-10/h5,7H,1-4,6H2,(H,13,15). The molecule has 1 N–H and O–H groups in total. The molecule has 0 spiro atoms. The Balaban J connectivity index is 1.84. The van der Waals surface area contributed by atoms with Crippen molar-refractivity contribution in [2.24, 2.45) is 5.92 Å². The molecule has 0 radical (unpaired) electrons. The number of nitrogens with one attached hydrogen (secondary N) is 1. The predicted molar refractivity (Wildman–Crippen MR) is 56.7 cm³/mol. The Morgan fingerprint density at radius 2 is 2.31 bits per heavy atom. The first kappa shape index (κ1) is 9.57. The van der Waals surface area contributed by atoms with Crippen molar-refractivity contribution in [1.29, 1.82) is 0 Å². The van der Waals surface area contributed by atoms with Crippen LogP contribution in [0.4, 0.5) is 0 Å². The second-order valence-electron chi connectivity index (χ2n) is 4.49. The fourth-order valence-electron chi connectivity index (χ4n) is 2.12. The number of nitrogens with zero attached hydrogens (tertiary/aromatic N) is 2. The lowest BCUT2D eigenvalue weighted by Gasteiger charge is -2.27. The Kier molecular flexibility index (Phi) is 2.05. The minimum absolute atomic E-state index is 0.195. The topological polar surface area (TPSA) is 66.1 Å². The van der Waals surface area contributed by atoms with Crippen LogP contribution in [0.3, 0.4) is 0 Å². The lowest BCUT2D eigenvalue weighted by molar-refractivity contribution is -0.133. The maximum atomic E-state index is 11.9. The third-order valence-electron chi connectivity index (χ3n) is 3.20. The molecule has 0 aromatic carbocycles. The van der Waals surface area contributed by atoms with Crippen LogP contribution in [-0.4, -0.2) is 27.5 Å². The van der Waals surface area contributed by atoms with E-state index < -0.39 is 0 Å². The molecule has 16 heavy (non-hydrogen) atoms. The molecule has 5 heteroatoms. The van der Waals surface area contributed by atoms with E-state index in [1.807, 2.05) is 4.90 Å². The summed E-state index contributed by atoms with van der Waals surface area (Å²) in [5, 5.41) is 6.43. The Hall–Kier alpha value is -1.65. The highest BCUT2D eigenvalue weighted by atomic mass is 16.2. The van der Waals surface area contributed by atoms with Gasteiger partial charge in [0.1, 0.15) is 0 Å². The van der Waals surface area contributed by atoms with E-state index in [0.29, 0.717) is 6.54 Å². The van der Waals surface area contributed by atoms with Gasteiger partial charge in [-0.3, -0.25) is 9.59 Å². The largest absolute Gasteiger partial charge is 0.338 e. The summed E-state index contributed by atoms with van der Waals surface area (Å²) in [5.74, 6) is 0.488. The Morgan fingerprint density at radius 1 is 1.50 bits per heavy atom. The molecule has 1 aromatic rings. The van der Waals surface area contributed by atoms with Gasteiger partial charge in [0.15, 0.2) is 0 Å². The number of hydrogen-bond acceptors (Lipinski definition) is 3. The highest BCUT2D eigenvalue weighted by Gasteiger charge is 2.34. The van der Waals surface area contributed by atoms with E-state index in [1.165, 1.54) is 0 Å². The normalized spacial score (nSPS) is 19.4. The van der Waals surface area contributed by atoms with Gasteiger partial charge in [0.25, 0.3) is 5.56 Å². The average molecular weight is 219 g/mol. The summed E-state index contributed by atoms with van der Waals surface area (Å²) < 4.78 is 0. The molecule has 1 aliphatic carbocycles. The summed E-state index contributed by atoms with van der Waals surface area (Å²) >= 11 is 0. The van der Waals surface area contributed by atoms with Gasteiger partial charge in [-0.2, -0.15) is 5.10 Å². The quantitative estimate of drug-likeness (QED) is 0.726. The van der Waals surface area contributed by atoms with E-state index in [-0.39, 0.29) is 17.4 Å². The molecule has 0 bridgehead atoms. The van der Waals surface area contributed by atoms with Crippen LogP contribution in [0, 0.1) is 5.92 Å². The molecule has 2 aliphatic rings. The van der Waals surface area contributed by atoms with Gasteiger partial charge < -0.3 is 4.90 Å². The Bertz CT molecular complexity index is 490. The molecule has 1 fully saturated rings. The van der Waals surface area contributed by atoms with E-state index in [9.17, 15) is 9.59 Å². The summed E-state index contributed by atoms with van der Waals surface area (Å²) in [5.41, 5.74) is 1.61. The molecule has 1 amide bonds. The van der Waals surface area contributed by atoms with E-state index in [2.05, 4.69) is 10.2 Å². The molecule has 1 saturated carbocycles. The monoisotopic (exact) mass is 219 g/mol. The fourth-order valence-corrected chi connectivity index (χ4v) is 2.12. The number of hydrogen-bond donors (Lipinski definition) is 1. The molecule has 0 saturated heterocycles. The highest BCUT2D eigenvalue weighted by Crippen LogP contribution is 2.32. The lowest BCUT2D eigenvalue weighted by Crippen LogP contribution is -2.38. The molecule has 1 aliphatic heterocycles. The van der Waals surface area contributed by atoms with Gasteiger partial charge in [0.05, 0.1) is 5.69 Å². The molecular formula is C11H13N3O2. The van der Waals surface area contributed by atoms with E-state index >= 15 is 0 Å². The first-order valence-corrected chi connectivity index (χ1v) is 5.60. The molecule has 3 rings (SSSR count). The minimum Gasteiger partial charge on any atom is -0.338 e. The second kappa shape index (κ2) is 3.43. The van der Waals surface area contributed by atoms with Crippen LogP contribution < -0.4 is 5.56 Å². The highest BCUT2D eigenvalue weighted by molar-refractivity contribution is 5.81. The van der Waals surface area contributed by atoms with Crippen LogP contribution in [0.1, 0.15) is 24.1 Å². The minimum atomic E-state index is -0.195. The van der Waals surface area contributed by atoms with Gasteiger partial charge in [-0.05, 0) is 12.8 Å². The SMILES string of the molecule is O=C(C1CC1)N1CCc2n[nH]c(=O)cc2C1. The van der Waals surface area contributed by atoms with Gasteiger partial charge in [0, 0.05) is 37.1 Å². The van der Waals surface area contributed by atoms with Gasteiger partial charge in [0.2, 0.25) is 5.91 Å². The summed E-state index contributed by atoms with van der Waals surface area (Å²) in [6.45, 7) is 1.27. The first-order valence-electron chi connectivity index (χ1n) is 5.60. The summed E-state index contributed by atoms with van der Waals surface area (Å²) in [4.78, 5) is 24.9.